The third-order valence-corrected chi connectivity index (χ3v) is 6.95. The van der Waals surface area contributed by atoms with Crippen molar-refractivity contribution in [2.75, 3.05) is 38.2 Å². The average molecular weight is 501 g/mol. The van der Waals surface area contributed by atoms with Gasteiger partial charge in [-0.15, -0.1) is 0 Å². The predicted octanol–water partition coefficient (Wildman–Crippen LogP) is 4.61. The van der Waals surface area contributed by atoms with Crippen molar-refractivity contribution in [2.24, 2.45) is 5.92 Å². The van der Waals surface area contributed by atoms with E-state index in [1.807, 2.05) is 32.6 Å². The van der Waals surface area contributed by atoms with Crippen molar-refractivity contribution < 1.29 is 18.7 Å². The summed E-state index contributed by atoms with van der Waals surface area (Å²) in [5, 5.41) is 4.73. The highest BCUT2D eigenvalue weighted by Gasteiger charge is 2.29. The van der Waals surface area contributed by atoms with Crippen LogP contribution in [-0.2, 0) is 11.3 Å². The number of rotatable bonds is 5. The predicted molar refractivity (Wildman–Crippen MR) is 137 cm³/mol. The van der Waals surface area contributed by atoms with Gasteiger partial charge in [0.25, 0.3) is 5.56 Å². The Morgan fingerprint density at radius 3 is 2.39 bits per heavy atom. The van der Waals surface area contributed by atoms with Crippen LogP contribution in [-0.4, -0.2) is 59.7 Å². The summed E-state index contributed by atoms with van der Waals surface area (Å²) < 4.78 is 26.7. The van der Waals surface area contributed by atoms with Crippen molar-refractivity contribution in [3.8, 4) is 17.0 Å². The quantitative estimate of drug-likeness (QED) is 0.597. The van der Waals surface area contributed by atoms with E-state index in [2.05, 4.69) is 0 Å². The number of hydrogen-bond acceptors (Lipinski definition) is 6. The Hall–Kier alpha value is -3.10. The number of halogens is 1. The van der Waals surface area contributed by atoms with E-state index in [0.717, 1.165) is 12.8 Å². The molecule has 2 heterocycles. The zero-order valence-corrected chi connectivity index (χ0v) is 22.0. The number of aromatic nitrogens is 2. The number of anilines is 1. The third kappa shape index (κ3) is 5.65. The molecule has 0 N–H and O–H groups in total. The van der Waals surface area contributed by atoms with Gasteiger partial charge in [-0.3, -0.25) is 4.79 Å². The van der Waals surface area contributed by atoms with Crippen LogP contribution in [0.3, 0.4) is 0 Å². The molecule has 0 radical (unpaired) electrons. The van der Waals surface area contributed by atoms with E-state index in [1.165, 1.54) is 26.0 Å². The lowest BCUT2D eigenvalue weighted by Gasteiger charge is -2.37. The van der Waals surface area contributed by atoms with Crippen molar-refractivity contribution in [1.29, 1.82) is 0 Å². The second-order valence-corrected chi connectivity index (χ2v) is 10.8. The zero-order valence-electron chi connectivity index (χ0n) is 22.0. The van der Waals surface area contributed by atoms with Crippen LogP contribution in [0.15, 0.2) is 23.0 Å². The van der Waals surface area contributed by atoms with Gasteiger partial charge in [-0.1, -0.05) is 12.8 Å². The second kappa shape index (κ2) is 10.5. The molecule has 1 aliphatic heterocycles. The summed E-state index contributed by atoms with van der Waals surface area (Å²) in [4.78, 5) is 29.9. The molecule has 2 aromatic rings. The van der Waals surface area contributed by atoms with E-state index in [4.69, 9.17) is 14.6 Å². The smallest absolute Gasteiger partial charge is 0.410 e. The zero-order chi connectivity index (χ0) is 26.0. The molecule has 4 rings (SSSR count). The molecule has 0 bridgehead atoms. The van der Waals surface area contributed by atoms with Crippen molar-refractivity contribution in [3.05, 3.63) is 39.9 Å². The molecular formula is C27H37FN4O4. The Morgan fingerprint density at radius 1 is 1.14 bits per heavy atom. The number of piperazine rings is 1. The van der Waals surface area contributed by atoms with E-state index in [1.54, 1.807) is 21.7 Å². The molecule has 1 aromatic heterocycles. The molecule has 36 heavy (non-hydrogen) atoms. The molecule has 1 saturated heterocycles. The number of carbonyl (C=O) groups is 1. The summed E-state index contributed by atoms with van der Waals surface area (Å²) in [7, 11) is 1.43. The molecule has 0 atom stereocenters. The Morgan fingerprint density at radius 2 is 1.81 bits per heavy atom. The highest BCUT2D eigenvalue weighted by molar-refractivity contribution is 5.71. The molecule has 1 amide bonds. The maximum absolute atomic E-state index is 14.6. The molecule has 8 nitrogen and oxygen atoms in total. The van der Waals surface area contributed by atoms with Gasteiger partial charge in [0.15, 0.2) is 11.6 Å². The second-order valence-electron chi connectivity index (χ2n) is 10.8. The Bertz CT molecular complexity index is 1160. The van der Waals surface area contributed by atoms with Crippen LogP contribution >= 0.6 is 0 Å². The summed E-state index contributed by atoms with van der Waals surface area (Å²) in [6.45, 7) is 9.85. The first-order valence-corrected chi connectivity index (χ1v) is 12.8. The normalized spacial score (nSPS) is 16.9. The van der Waals surface area contributed by atoms with Crippen LogP contribution in [0.1, 0.15) is 52.0 Å². The largest absolute Gasteiger partial charge is 0.494 e. The van der Waals surface area contributed by atoms with Crippen LogP contribution in [0.5, 0.6) is 5.75 Å². The molecule has 2 fully saturated rings. The van der Waals surface area contributed by atoms with E-state index < -0.39 is 11.4 Å². The standard InChI is InChI=1S/C27H37FN4O4/c1-18-23(20-10-11-22(35-5)21(28)16-20)29-32(17-19-8-6-7-9-19)25(33)24(18)30-12-14-31(15-13-30)26(34)36-27(2,3)4/h10-11,16,19H,6-9,12-15,17H2,1-5H3. The summed E-state index contributed by atoms with van der Waals surface area (Å²) in [5.41, 5.74) is 1.75. The highest BCUT2D eigenvalue weighted by atomic mass is 19.1. The molecule has 2 aliphatic rings. The number of amides is 1. The van der Waals surface area contributed by atoms with Gasteiger partial charge in [-0.2, -0.15) is 5.10 Å². The summed E-state index contributed by atoms with van der Waals surface area (Å²) in [5.74, 6) is 0.0988. The maximum atomic E-state index is 14.6. The molecule has 1 aromatic carbocycles. The van der Waals surface area contributed by atoms with Crippen molar-refractivity contribution >= 4 is 11.8 Å². The first-order valence-electron chi connectivity index (χ1n) is 12.8. The lowest BCUT2D eigenvalue weighted by Crippen LogP contribution is -2.51. The number of carbonyl (C=O) groups excluding carboxylic acids is 1. The first-order chi connectivity index (χ1) is 17.1. The molecule has 0 spiro atoms. The Balaban J connectivity index is 1.67. The van der Waals surface area contributed by atoms with Crippen molar-refractivity contribution in [3.63, 3.8) is 0 Å². The molecule has 9 heteroatoms. The van der Waals surface area contributed by atoms with E-state index in [0.29, 0.717) is 61.1 Å². The van der Waals surface area contributed by atoms with Crippen molar-refractivity contribution in [2.45, 2.75) is 65.5 Å². The SMILES string of the molecule is COc1ccc(-c2nn(CC3CCCC3)c(=O)c(N3CCN(C(=O)OC(C)(C)C)CC3)c2C)cc1F. The average Bonchev–Trinajstić information content (AvgIpc) is 3.33. The van der Waals surface area contributed by atoms with Crippen LogP contribution in [0.4, 0.5) is 14.9 Å². The first kappa shape index (κ1) is 26.0. The number of nitrogens with zero attached hydrogens (tertiary/aromatic N) is 4. The van der Waals surface area contributed by atoms with Gasteiger partial charge >= 0.3 is 6.09 Å². The third-order valence-electron chi connectivity index (χ3n) is 6.95. The van der Waals surface area contributed by atoms with Crippen LogP contribution in [0.25, 0.3) is 11.3 Å². The molecule has 196 valence electrons. The fourth-order valence-corrected chi connectivity index (χ4v) is 5.10. The topological polar surface area (TPSA) is 76.9 Å². The van der Waals surface area contributed by atoms with Crippen LogP contribution < -0.4 is 15.2 Å². The fourth-order valence-electron chi connectivity index (χ4n) is 5.10. The Labute approximate surface area is 212 Å². The van der Waals surface area contributed by atoms with E-state index in [9.17, 15) is 14.0 Å². The highest BCUT2D eigenvalue weighted by Crippen LogP contribution is 2.31. The molecule has 1 saturated carbocycles. The van der Waals surface area contributed by atoms with Crippen LogP contribution in [0, 0.1) is 18.7 Å². The van der Waals surface area contributed by atoms with Gasteiger partial charge in [0, 0.05) is 43.9 Å². The lowest BCUT2D eigenvalue weighted by molar-refractivity contribution is 0.0240. The van der Waals surface area contributed by atoms with Gasteiger partial charge in [0.1, 0.15) is 11.3 Å². The Kier molecular flexibility index (Phi) is 7.57. The van der Waals surface area contributed by atoms with Gasteiger partial charge in [-0.05, 0) is 64.7 Å². The molecule has 0 unspecified atom stereocenters. The minimum absolute atomic E-state index is 0.136. The van der Waals surface area contributed by atoms with Gasteiger partial charge in [0.2, 0.25) is 0 Å². The summed E-state index contributed by atoms with van der Waals surface area (Å²) in [6, 6.07) is 4.76. The summed E-state index contributed by atoms with van der Waals surface area (Å²) >= 11 is 0. The van der Waals surface area contributed by atoms with E-state index >= 15 is 0 Å². The fraction of sp³-hybridized carbons (Fsp3) is 0.593. The van der Waals surface area contributed by atoms with Gasteiger partial charge < -0.3 is 19.3 Å². The summed E-state index contributed by atoms with van der Waals surface area (Å²) in [6.07, 6.45) is 4.15. The van der Waals surface area contributed by atoms with Gasteiger partial charge in [-0.25, -0.2) is 13.9 Å². The van der Waals surface area contributed by atoms with Crippen LogP contribution in [0.2, 0.25) is 0 Å². The monoisotopic (exact) mass is 500 g/mol. The van der Waals surface area contributed by atoms with E-state index in [-0.39, 0.29) is 17.4 Å². The molecular weight excluding hydrogens is 463 g/mol. The number of ether oxygens (including phenoxy) is 2. The number of methoxy groups -OCH3 is 1. The van der Waals surface area contributed by atoms with Gasteiger partial charge in [0.05, 0.1) is 12.8 Å². The minimum Gasteiger partial charge on any atom is -0.494 e. The molecule has 1 aliphatic carbocycles. The number of hydrogen-bond donors (Lipinski definition) is 0. The lowest BCUT2D eigenvalue weighted by atomic mass is 10.0. The number of benzene rings is 1. The van der Waals surface area contributed by atoms with Crippen molar-refractivity contribution in [1.82, 2.24) is 14.7 Å². The maximum Gasteiger partial charge on any atom is 0.410 e. The minimum atomic E-state index is -0.563.